The molecule has 1 amide bonds. The predicted molar refractivity (Wildman–Crippen MR) is 135 cm³/mol. The number of thioether (sulfide) groups is 1. The molecule has 4 aromatic rings. The van der Waals surface area contributed by atoms with Crippen LogP contribution < -0.4 is 5.56 Å². The molecule has 178 valence electrons. The van der Waals surface area contributed by atoms with Crippen LogP contribution in [0.1, 0.15) is 39.0 Å². The van der Waals surface area contributed by atoms with E-state index in [-0.39, 0.29) is 23.8 Å². The minimum Gasteiger partial charge on any atom is -0.418 e. The summed E-state index contributed by atoms with van der Waals surface area (Å²) in [5.41, 5.74) is 0.582. The van der Waals surface area contributed by atoms with Crippen molar-refractivity contribution in [1.29, 1.82) is 0 Å². The number of para-hydroxylation sites is 1. The molecule has 0 bridgehead atoms. The number of carbonyl (C=O) groups excluding carboxylic acids is 1. The summed E-state index contributed by atoms with van der Waals surface area (Å²) in [6.45, 7) is 5.50. The molecule has 1 aromatic carbocycles. The van der Waals surface area contributed by atoms with Crippen LogP contribution in [-0.2, 0) is 17.9 Å². The van der Waals surface area contributed by atoms with Gasteiger partial charge >= 0.3 is 0 Å². The molecule has 3 heterocycles. The number of thiophene rings is 1. The van der Waals surface area contributed by atoms with Gasteiger partial charge in [-0.25, -0.2) is 4.98 Å². The maximum Gasteiger partial charge on any atom is 0.262 e. The van der Waals surface area contributed by atoms with Crippen LogP contribution in [0.2, 0.25) is 0 Å². The second-order valence-electron chi connectivity index (χ2n) is 7.80. The molecule has 0 atom stereocenters. The van der Waals surface area contributed by atoms with Gasteiger partial charge in [0.1, 0.15) is 0 Å². The summed E-state index contributed by atoms with van der Waals surface area (Å²) in [7, 11) is 0. The van der Waals surface area contributed by atoms with Crippen LogP contribution in [-0.4, -0.2) is 42.9 Å². The van der Waals surface area contributed by atoms with E-state index in [2.05, 4.69) is 17.1 Å². The lowest BCUT2D eigenvalue weighted by atomic mass is 10.2. The first-order valence-corrected chi connectivity index (χ1v) is 13.2. The van der Waals surface area contributed by atoms with Gasteiger partial charge in [0, 0.05) is 13.1 Å². The Balaban J connectivity index is 1.50. The first kappa shape index (κ1) is 24.2. The Labute approximate surface area is 206 Å². The highest BCUT2D eigenvalue weighted by Crippen LogP contribution is 2.24. The van der Waals surface area contributed by atoms with Crippen molar-refractivity contribution in [2.45, 2.75) is 51.4 Å². The topological polar surface area (TPSA) is 94.1 Å². The lowest BCUT2D eigenvalue weighted by Crippen LogP contribution is -2.33. The number of unbranched alkanes of at least 4 members (excludes halogenated alkanes) is 1. The van der Waals surface area contributed by atoms with Crippen LogP contribution in [0.3, 0.4) is 0 Å². The van der Waals surface area contributed by atoms with Gasteiger partial charge in [-0.05, 0) is 36.4 Å². The van der Waals surface area contributed by atoms with E-state index in [4.69, 9.17) is 9.40 Å². The molecule has 0 N–H and O–H groups in total. The third-order valence-corrected chi connectivity index (χ3v) is 7.08. The van der Waals surface area contributed by atoms with Crippen molar-refractivity contribution in [2.75, 3.05) is 12.3 Å². The van der Waals surface area contributed by atoms with Crippen LogP contribution in [0.25, 0.3) is 21.7 Å². The zero-order chi connectivity index (χ0) is 23.9. The van der Waals surface area contributed by atoms with E-state index >= 15 is 0 Å². The van der Waals surface area contributed by atoms with E-state index in [0.717, 1.165) is 24.1 Å². The van der Waals surface area contributed by atoms with Crippen molar-refractivity contribution in [3.05, 3.63) is 58.0 Å². The molecule has 0 radical (unpaired) electrons. The second kappa shape index (κ2) is 11.4. The minimum atomic E-state index is -0.0635. The van der Waals surface area contributed by atoms with Crippen molar-refractivity contribution in [1.82, 2.24) is 24.6 Å². The van der Waals surface area contributed by atoms with E-state index in [0.29, 0.717) is 40.9 Å². The molecule has 3 aromatic heterocycles. The molecule has 0 spiro atoms. The Morgan fingerprint density at radius 2 is 2.00 bits per heavy atom. The summed E-state index contributed by atoms with van der Waals surface area (Å²) in [6, 6.07) is 11.2. The summed E-state index contributed by atoms with van der Waals surface area (Å²) in [4.78, 5) is 33.5. The summed E-state index contributed by atoms with van der Waals surface area (Å²) in [5.74, 6) is 0.970. The SMILES string of the molecule is CCCCn1c(SCC(=O)N(CCC)Cc2nnc(-c3cccs3)o2)nc2ccccc2c1=O. The maximum atomic E-state index is 13.1. The molecule has 0 saturated heterocycles. The molecule has 4 rings (SSSR count). The predicted octanol–water partition coefficient (Wildman–Crippen LogP) is 4.84. The molecule has 10 heteroatoms. The summed E-state index contributed by atoms with van der Waals surface area (Å²) < 4.78 is 7.47. The molecule has 0 aliphatic carbocycles. The Bertz CT molecular complexity index is 1300. The van der Waals surface area contributed by atoms with Gasteiger partial charge in [-0.1, -0.05) is 50.2 Å². The average Bonchev–Trinajstić information content (AvgIpc) is 3.54. The Morgan fingerprint density at radius 3 is 2.76 bits per heavy atom. The summed E-state index contributed by atoms with van der Waals surface area (Å²) in [6.07, 6.45) is 2.63. The number of aromatic nitrogens is 4. The zero-order valence-electron chi connectivity index (χ0n) is 19.3. The quantitative estimate of drug-likeness (QED) is 0.216. The smallest absolute Gasteiger partial charge is 0.262 e. The van der Waals surface area contributed by atoms with E-state index in [1.807, 2.05) is 42.6 Å². The monoisotopic (exact) mass is 497 g/mol. The van der Waals surface area contributed by atoms with Gasteiger partial charge in [0.15, 0.2) is 5.16 Å². The van der Waals surface area contributed by atoms with Crippen molar-refractivity contribution < 1.29 is 9.21 Å². The molecule has 34 heavy (non-hydrogen) atoms. The number of benzene rings is 1. The molecule has 0 saturated carbocycles. The number of rotatable bonds is 11. The second-order valence-corrected chi connectivity index (χ2v) is 9.69. The normalized spacial score (nSPS) is 11.2. The van der Waals surface area contributed by atoms with Gasteiger partial charge in [-0.3, -0.25) is 14.2 Å². The van der Waals surface area contributed by atoms with E-state index < -0.39 is 0 Å². The van der Waals surface area contributed by atoms with Gasteiger partial charge in [0.2, 0.25) is 11.8 Å². The highest BCUT2D eigenvalue weighted by atomic mass is 32.2. The van der Waals surface area contributed by atoms with Gasteiger partial charge in [-0.2, -0.15) is 0 Å². The molecule has 0 aliphatic heterocycles. The lowest BCUT2D eigenvalue weighted by molar-refractivity contribution is -0.129. The van der Waals surface area contributed by atoms with Gasteiger partial charge in [-0.15, -0.1) is 21.5 Å². The number of nitrogens with zero attached hydrogens (tertiary/aromatic N) is 5. The molecule has 0 fully saturated rings. The fourth-order valence-corrected chi connectivity index (χ4v) is 5.10. The van der Waals surface area contributed by atoms with Crippen LogP contribution >= 0.6 is 23.1 Å². The fourth-order valence-electron chi connectivity index (χ4n) is 3.53. The maximum absolute atomic E-state index is 13.1. The fraction of sp³-hybridized carbons (Fsp3) is 0.375. The number of hydrogen-bond acceptors (Lipinski definition) is 8. The standard InChI is InChI=1S/C24H27N5O3S2/c1-3-5-13-29-23(31)17-9-6-7-10-18(17)25-24(29)34-16-21(30)28(12-4-2)15-20-26-27-22(32-20)19-11-8-14-33-19/h6-11,14H,3-5,12-13,15-16H2,1-2H3. The number of amides is 1. The number of fused-ring (bicyclic) bond motifs is 1. The van der Waals surface area contributed by atoms with Gasteiger partial charge in [0.05, 0.1) is 28.1 Å². The lowest BCUT2D eigenvalue weighted by Gasteiger charge is -2.20. The van der Waals surface area contributed by atoms with Gasteiger partial charge < -0.3 is 9.32 Å². The Morgan fingerprint density at radius 1 is 1.15 bits per heavy atom. The molecule has 0 aliphatic rings. The highest BCUT2D eigenvalue weighted by Gasteiger charge is 2.20. The van der Waals surface area contributed by atoms with Crippen molar-refractivity contribution >= 4 is 39.9 Å². The third-order valence-electron chi connectivity index (χ3n) is 5.26. The minimum absolute atomic E-state index is 0.0628. The van der Waals surface area contributed by atoms with Crippen molar-refractivity contribution in [2.24, 2.45) is 0 Å². The van der Waals surface area contributed by atoms with Crippen molar-refractivity contribution in [3.63, 3.8) is 0 Å². The first-order valence-electron chi connectivity index (χ1n) is 11.4. The Hall–Kier alpha value is -2.98. The molecular weight excluding hydrogens is 470 g/mol. The van der Waals surface area contributed by atoms with E-state index in [1.165, 1.54) is 23.1 Å². The summed E-state index contributed by atoms with van der Waals surface area (Å²) >= 11 is 2.82. The highest BCUT2D eigenvalue weighted by molar-refractivity contribution is 7.99. The largest absolute Gasteiger partial charge is 0.418 e. The Kier molecular flexibility index (Phi) is 8.12. The van der Waals surface area contributed by atoms with E-state index in [1.54, 1.807) is 15.5 Å². The molecule has 0 unspecified atom stereocenters. The molecular formula is C24H27N5O3S2. The van der Waals surface area contributed by atoms with E-state index in [9.17, 15) is 9.59 Å². The van der Waals surface area contributed by atoms with Crippen LogP contribution in [0, 0.1) is 0 Å². The van der Waals surface area contributed by atoms with Crippen LogP contribution in [0.4, 0.5) is 0 Å². The average molecular weight is 498 g/mol. The third kappa shape index (κ3) is 5.56. The first-order chi connectivity index (χ1) is 16.6. The van der Waals surface area contributed by atoms with Crippen LogP contribution in [0.5, 0.6) is 0 Å². The number of carbonyl (C=O) groups is 1. The van der Waals surface area contributed by atoms with Crippen LogP contribution in [0.15, 0.2) is 56.1 Å². The zero-order valence-corrected chi connectivity index (χ0v) is 20.9. The number of hydrogen-bond donors (Lipinski definition) is 0. The summed E-state index contributed by atoms with van der Waals surface area (Å²) in [5, 5.41) is 11.3. The van der Waals surface area contributed by atoms with Gasteiger partial charge in [0.25, 0.3) is 11.4 Å². The van der Waals surface area contributed by atoms with Crippen molar-refractivity contribution in [3.8, 4) is 10.8 Å². The molecule has 8 nitrogen and oxygen atoms in total.